The van der Waals surface area contributed by atoms with Gasteiger partial charge in [0.1, 0.15) is 23.1 Å². The number of piperidine rings is 3. The highest BCUT2D eigenvalue weighted by Crippen LogP contribution is 2.33. The van der Waals surface area contributed by atoms with Gasteiger partial charge in [-0.1, -0.05) is 12.1 Å². The van der Waals surface area contributed by atoms with Crippen LogP contribution in [0.2, 0.25) is 0 Å². The van der Waals surface area contributed by atoms with E-state index >= 15 is 0 Å². The van der Waals surface area contributed by atoms with Crippen LogP contribution in [0.15, 0.2) is 55.0 Å². The van der Waals surface area contributed by atoms with Crippen molar-refractivity contribution in [1.82, 2.24) is 34.3 Å². The second kappa shape index (κ2) is 15.2. The summed E-state index contributed by atoms with van der Waals surface area (Å²) in [6.45, 7) is 7.45. The van der Waals surface area contributed by atoms with E-state index in [2.05, 4.69) is 38.1 Å². The molecule has 14 heteroatoms. The van der Waals surface area contributed by atoms with Crippen molar-refractivity contribution in [3.63, 3.8) is 0 Å². The number of pyridine rings is 1. The molecule has 4 aromatic rings. The van der Waals surface area contributed by atoms with Crippen LogP contribution in [0, 0.1) is 0 Å². The van der Waals surface area contributed by atoms with Gasteiger partial charge in [0.25, 0.3) is 5.91 Å². The van der Waals surface area contributed by atoms with Gasteiger partial charge in [-0.25, -0.2) is 4.98 Å². The van der Waals surface area contributed by atoms with Crippen molar-refractivity contribution in [3.8, 4) is 5.75 Å². The van der Waals surface area contributed by atoms with Gasteiger partial charge in [-0.05, 0) is 88.7 Å². The first-order chi connectivity index (χ1) is 25.1. The summed E-state index contributed by atoms with van der Waals surface area (Å²) in [7, 11) is 1.77. The van der Waals surface area contributed by atoms with E-state index in [9.17, 15) is 19.2 Å². The van der Waals surface area contributed by atoms with Gasteiger partial charge in [-0.15, -0.1) is 0 Å². The highest BCUT2D eigenvalue weighted by molar-refractivity contribution is 6.03. The summed E-state index contributed by atoms with van der Waals surface area (Å²) in [4.78, 5) is 59.0. The summed E-state index contributed by atoms with van der Waals surface area (Å²) < 4.78 is 9.58. The zero-order valence-electron chi connectivity index (χ0n) is 30.0. The minimum atomic E-state index is -0.401. The summed E-state index contributed by atoms with van der Waals surface area (Å²) in [6, 6.07) is 11.3. The van der Waals surface area contributed by atoms with Gasteiger partial charge in [0, 0.05) is 62.8 Å². The van der Waals surface area contributed by atoms with Crippen LogP contribution in [0.5, 0.6) is 5.75 Å². The van der Waals surface area contributed by atoms with E-state index in [0.717, 1.165) is 68.9 Å². The second-order valence-corrected chi connectivity index (χ2v) is 14.5. The number of imidazole rings is 1. The molecule has 14 nitrogen and oxygen atoms in total. The topological polar surface area (TPSA) is 155 Å². The SMILES string of the molecule is CC(C)Oc1cc2nc(C3CCN(CC(=O)N4CCC(c5ccc(NC6CCC(=O)NC6=O)cc5)CC4)CC3)cn2cc1NC(=O)c1ccn(C)n1. The summed E-state index contributed by atoms with van der Waals surface area (Å²) in [5.74, 6) is 0.588. The van der Waals surface area contributed by atoms with Gasteiger partial charge in [0.05, 0.1) is 18.3 Å². The molecule has 7 rings (SSSR count). The molecule has 0 radical (unpaired) electrons. The number of aryl methyl sites for hydroxylation is 1. The number of carbonyl (C=O) groups excluding carboxylic acids is 4. The Morgan fingerprint density at radius 2 is 1.69 bits per heavy atom. The molecular weight excluding hydrogens is 662 g/mol. The van der Waals surface area contributed by atoms with E-state index in [-0.39, 0.29) is 35.7 Å². The largest absolute Gasteiger partial charge is 0.489 e. The van der Waals surface area contributed by atoms with E-state index in [1.165, 1.54) is 5.56 Å². The van der Waals surface area contributed by atoms with Gasteiger partial charge < -0.3 is 24.7 Å². The minimum absolute atomic E-state index is 0.0871. The number of fused-ring (bicyclic) bond motifs is 1. The van der Waals surface area contributed by atoms with Crippen molar-refractivity contribution >= 4 is 40.7 Å². The van der Waals surface area contributed by atoms with E-state index in [1.807, 2.05) is 53.7 Å². The van der Waals surface area contributed by atoms with Crippen LogP contribution in [-0.2, 0) is 21.4 Å². The standard InChI is InChI=1S/C38H47N9O5/c1-24(2)52-33-20-34-40-31(21-47(34)22-32(33)41-38(51)30-14-15-44(3)43-30)27-10-16-45(17-11-27)23-36(49)46-18-12-26(13-19-46)25-4-6-28(7-5-25)39-29-8-9-35(48)42-37(29)50/h4-7,14-15,20-22,24,26-27,29,39H,8-13,16-19,23H2,1-3H3,(H,41,51)(H,42,48,50). The number of nitrogens with zero attached hydrogens (tertiary/aromatic N) is 6. The average molecular weight is 710 g/mol. The number of hydrogen-bond acceptors (Lipinski definition) is 9. The molecule has 3 aliphatic heterocycles. The maximum atomic E-state index is 13.3. The van der Waals surface area contributed by atoms with E-state index < -0.39 is 6.04 Å². The van der Waals surface area contributed by atoms with Gasteiger partial charge >= 0.3 is 0 Å². The van der Waals surface area contributed by atoms with Crippen LogP contribution < -0.4 is 20.7 Å². The molecule has 1 atom stereocenters. The number of carbonyl (C=O) groups is 4. The van der Waals surface area contributed by atoms with Crippen LogP contribution in [0.4, 0.5) is 11.4 Å². The zero-order valence-corrected chi connectivity index (χ0v) is 30.0. The van der Waals surface area contributed by atoms with Crippen molar-refractivity contribution in [3.05, 3.63) is 71.9 Å². The van der Waals surface area contributed by atoms with Gasteiger partial charge in [-0.2, -0.15) is 5.10 Å². The van der Waals surface area contributed by atoms with Crippen LogP contribution in [0.3, 0.4) is 0 Å². The number of benzene rings is 1. The fraction of sp³-hybridized carbons (Fsp3) is 0.474. The molecule has 3 saturated heterocycles. The normalized spacial score (nSPS) is 19.2. The molecule has 3 N–H and O–H groups in total. The maximum absolute atomic E-state index is 13.3. The number of hydrogen-bond donors (Lipinski definition) is 3. The number of rotatable bonds is 10. The molecule has 0 spiro atoms. The number of likely N-dealkylation sites (tertiary alicyclic amines) is 2. The molecule has 3 fully saturated rings. The first kappa shape index (κ1) is 35.2. The van der Waals surface area contributed by atoms with Crippen LogP contribution in [0.1, 0.15) is 86.0 Å². The summed E-state index contributed by atoms with van der Waals surface area (Å²) in [5.41, 5.74) is 4.72. The molecule has 0 saturated carbocycles. The third-order valence-corrected chi connectivity index (χ3v) is 10.3. The fourth-order valence-corrected chi connectivity index (χ4v) is 7.42. The first-order valence-corrected chi connectivity index (χ1v) is 18.3. The molecule has 1 aromatic carbocycles. The van der Waals surface area contributed by atoms with Gasteiger partial charge in [0.15, 0.2) is 5.69 Å². The third-order valence-electron chi connectivity index (χ3n) is 10.3. The van der Waals surface area contributed by atoms with Crippen molar-refractivity contribution in [2.45, 2.75) is 76.4 Å². The Balaban J connectivity index is 0.891. The predicted molar refractivity (Wildman–Crippen MR) is 195 cm³/mol. The average Bonchev–Trinajstić information content (AvgIpc) is 3.76. The number of ether oxygens (including phenoxy) is 1. The lowest BCUT2D eigenvalue weighted by Crippen LogP contribution is -2.47. The Morgan fingerprint density at radius 1 is 0.962 bits per heavy atom. The third kappa shape index (κ3) is 8.12. The Kier molecular flexibility index (Phi) is 10.3. The van der Waals surface area contributed by atoms with Crippen LogP contribution in [0.25, 0.3) is 5.65 Å². The molecule has 4 amide bonds. The van der Waals surface area contributed by atoms with Gasteiger partial charge in [-0.3, -0.25) is 34.1 Å². The number of imide groups is 1. The summed E-state index contributed by atoms with van der Waals surface area (Å²) in [6.07, 6.45) is 10.0. The van der Waals surface area contributed by atoms with E-state index in [1.54, 1.807) is 24.0 Å². The first-order valence-electron chi connectivity index (χ1n) is 18.3. The number of aromatic nitrogens is 4. The smallest absolute Gasteiger partial charge is 0.276 e. The number of anilines is 2. The molecule has 6 heterocycles. The molecule has 274 valence electrons. The van der Waals surface area contributed by atoms with Crippen molar-refractivity contribution in [2.24, 2.45) is 7.05 Å². The highest BCUT2D eigenvalue weighted by Gasteiger charge is 2.29. The Labute approximate surface area is 302 Å². The van der Waals surface area contributed by atoms with Crippen molar-refractivity contribution in [2.75, 3.05) is 43.4 Å². The van der Waals surface area contributed by atoms with Crippen LogP contribution >= 0.6 is 0 Å². The summed E-state index contributed by atoms with van der Waals surface area (Å²) in [5, 5.41) is 12.8. The Hall–Kier alpha value is -5.24. The van der Waals surface area contributed by atoms with E-state index in [4.69, 9.17) is 9.72 Å². The number of nitrogens with one attached hydrogen (secondary N) is 3. The summed E-state index contributed by atoms with van der Waals surface area (Å²) >= 11 is 0. The molecule has 3 aliphatic rings. The Morgan fingerprint density at radius 3 is 2.37 bits per heavy atom. The Bertz CT molecular complexity index is 1940. The lowest BCUT2D eigenvalue weighted by atomic mass is 9.89. The van der Waals surface area contributed by atoms with Crippen molar-refractivity contribution in [1.29, 1.82) is 0 Å². The molecule has 0 bridgehead atoms. The molecule has 52 heavy (non-hydrogen) atoms. The monoisotopic (exact) mass is 709 g/mol. The van der Waals surface area contributed by atoms with E-state index in [0.29, 0.717) is 42.4 Å². The van der Waals surface area contributed by atoms with Crippen molar-refractivity contribution < 1.29 is 23.9 Å². The predicted octanol–water partition coefficient (Wildman–Crippen LogP) is 3.91. The minimum Gasteiger partial charge on any atom is -0.489 e. The zero-order chi connectivity index (χ0) is 36.4. The van der Waals surface area contributed by atoms with Crippen LogP contribution in [-0.4, -0.2) is 97.5 Å². The molecular formula is C38H47N9O5. The fourth-order valence-electron chi connectivity index (χ4n) is 7.42. The highest BCUT2D eigenvalue weighted by atomic mass is 16.5. The quantitative estimate of drug-likeness (QED) is 0.208. The maximum Gasteiger partial charge on any atom is 0.276 e. The lowest BCUT2D eigenvalue weighted by molar-refractivity contribution is -0.134. The molecule has 1 unspecified atom stereocenters. The molecule has 3 aromatic heterocycles. The number of amides is 4. The molecule has 0 aliphatic carbocycles. The lowest BCUT2D eigenvalue weighted by Gasteiger charge is -2.35. The second-order valence-electron chi connectivity index (χ2n) is 14.5. The van der Waals surface area contributed by atoms with Gasteiger partial charge in [0.2, 0.25) is 17.7 Å².